The van der Waals surface area contributed by atoms with E-state index in [4.69, 9.17) is 0 Å². The van der Waals surface area contributed by atoms with E-state index < -0.39 is 0 Å². The van der Waals surface area contributed by atoms with Crippen molar-refractivity contribution in [2.45, 2.75) is 38.6 Å². The summed E-state index contributed by atoms with van der Waals surface area (Å²) in [5.41, 5.74) is 1.18. The largest absolute Gasteiger partial charge is 0.353 e. The predicted octanol–water partition coefficient (Wildman–Crippen LogP) is 4.05. The molecule has 1 saturated heterocycles. The molecule has 0 spiro atoms. The molecule has 0 bridgehead atoms. The highest BCUT2D eigenvalue weighted by molar-refractivity contribution is 7.15. The molecule has 2 aromatic heterocycles. The molecule has 1 atom stereocenters. The first-order valence-electron chi connectivity index (χ1n) is 8.11. The minimum atomic E-state index is 0.0175. The van der Waals surface area contributed by atoms with Crippen LogP contribution in [0, 0.1) is 0 Å². The number of carbonyl (C=O) groups excluding carboxylic acids is 2. The lowest BCUT2D eigenvalue weighted by Crippen LogP contribution is -2.35. The molecular weight excluding hydrogens is 308 g/mol. The first-order valence-corrected chi connectivity index (χ1v) is 8.92. The van der Waals surface area contributed by atoms with Gasteiger partial charge >= 0.3 is 0 Å². The number of thiophene rings is 1. The highest BCUT2D eigenvalue weighted by Gasteiger charge is 2.29. The fourth-order valence-electron chi connectivity index (χ4n) is 3.26. The van der Waals surface area contributed by atoms with Crippen molar-refractivity contribution < 1.29 is 9.59 Å². The van der Waals surface area contributed by atoms with Crippen molar-refractivity contribution in [1.29, 1.82) is 0 Å². The Morgan fingerprint density at radius 1 is 1.13 bits per heavy atom. The average molecular weight is 330 g/mol. The van der Waals surface area contributed by atoms with Crippen molar-refractivity contribution in [2.75, 3.05) is 6.54 Å². The number of likely N-dealkylation sites (tertiary alicyclic amines) is 1. The molecule has 23 heavy (non-hydrogen) atoms. The van der Waals surface area contributed by atoms with Crippen molar-refractivity contribution >= 4 is 23.0 Å². The van der Waals surface area contributed by atoms with Gasteiger partial charge in [0, 0.05) is 25.5 Å². The van der Waals surface area contributed by atoms with Gasteiger partial charge in [0.05, 0.1) is 15.8 Å². The van der Waals surface area contributed by atoms with Gasteiger partial charge in [-0.3, -0.25) is 9.59 Å². The van der Waals surface area contributed by atoms with Crippen LogP contribution in [0.5, 0.6) is 0 Å². The van der Waals surface area contributed by atoms with Crippen molar-refractivity contribution in [1.82, 2.24) is 9.47 Å². The van der Waals surface area contributed by atoms with Gasteiger partial charge in [0.2, 0.25) is 0 Å². The van der Waals surface area contributed by atoms with Gasteiger partial charge in [0.15, 0.2) is 5.78 Å². The molecule has 1 amide bonds. The number of rotatable bonds is 3. The van der Waals surface area contributed by atoms with Gasteiger partial charge in [-0.1, -0.05) is 12.8 Å². The molecule has 122 valence electrons. The molecule has 3 heterocycles. The normalized spacial score (nSPS) is 18.7. The van der Waals surface area contributed by atoms with E-state index in [2.05, 4.69) is 10.6 Å². The summed E-state index contributed by atoms with van der Waals surface area (Å²) in [6, 6.07) is 7.80. The van der Waals surface area contributed by atoms with Crippen LogP contribution in [0.1, 0.15) is 63.7 Å². The number of Topliss-reactive ketones (excluding diaryl/α,β-unsaturated/α-hetero) is 1. The summed E-state index contributed by atoms with van der Waals surface area (Å²) in [4.78, 5) is 27.8. The van der Waals surface area contributed by atoms with Crippen LogP contribution in [0.2, 0.25) is 0 Å². The zero-order valence-electron chi connectivity index (χ0n) is 13.6. The summed E-state index contributed by atoms with van der Waals surface area (Å²) in [5.74, 6) is 0.0690. The van der Waals surface area contributed by atoms with Crippen LogP contribution in [0.25, 0.3) is 0 Å². The lowest BCUT2D eigenvalue weighted by atomic mass is 10.1. The molecule has 5 heteroatoms. The first kappa shape index (κ1) is 16.0. The molecule has 0 aliphatic carbocycles. The van der Waals surface area contributed by atoms with E-state index in [0.717, 1.165) is 32.2 Å². The van der Waals surface area contributed by atoms with Gasteiger partial charge in [-0.2, -0.15) is 0 Å². The maximum absolute atomic E-state index is 13.0. The molecular formula is C18H22N2O2S. The Morgan fingerprint density at radius 3 is 2.57 bits per heavy atom. The van der Waals surface area contributed by atoms with E-state index in [9.17, 15) is 9.59 Å². The fraction of sp³-hybridized carbons (Fsp3) is 0.444. The predicted molar refractivity (Wildman–Crippen MR) is 92.0 cm³/mol. The Morgan fingerprint density at radius 2 is 1.91 bits per heavy atom. The van der Waals surface area contributed by atoms with Crippen LogP contribution in [0.4, 0.5) is 0 Å². The van der Waals surface area contributed by atoms with Crippen molar-refractivity contribution in [3.8, 4) is 0 Å². The van der Waals surface area contributed by atoms with Crippen LogP contribution >= 0.6 is 11.3 Å². The third-order valence-electron chi connectivity index (χ3n) is 4.50. The summed E-state index contributed by atoms with van der Waals surface area (Å²) in [6.45, 7) is 2.32. The van der Waals surface area contributed by atoms with Gasteiger partial charge < -0.3 is 9.47 Å². The molecule has 4 nitrogen and oxygen atoms in total. The average Bonchev–Trinajstić information content (AvgIpc) is 3.11. The van der Waals surface area contributed by atoms with Gasteiger partial charge in [0.1, 0.15) is 0 Å². The summed E-state index contributed by atoms with van der Waals surface area (Å²) in [6.07, 6.45) is 6.37. The minimum absolute atomic E-state index is 0.0175. The summed E-state index contributed by atoms with van der Waals surface area (Å²) >= 11 is 1.31. The summed E-state index contributed by atoms with van der Waals surface area (Å²) < 4.78 is 2.10. The van der Waals surface area contributed by atoms with Gasteiger partial charge in [0.25, 0.3) is 5.91 Å². The third-order valence-corrected chi connectivity index (χ3v) is 5.68. The lowest BCUT2D eigenvalue weighted by Gasteiger charge is -2.30. The Hall–Kier alpha value is -1.88. The number of aryl methyl sites for hydroxylation is 1. The zero-order valence-corrected chi connectivity index (χ0v) is 14.4. The van der Waals surface area contributed by atoms with Crippen LogP contribution in [-0.2, 0) is 7.05 Å². The Labute approximate surface area is 140 Å². The molecule has 3 rings (SSSR count). The molecule has 0 radical (unpaired) electrons. The standard InChI is InChI=1S/C18H22N2O2S/c1-13(21)16-9-10-17(23-16)18(22)20-12-5-3-4-7-15(20)14-8-6-11-19(14)2/h6,8-11,15H,3-5,7,12H2,1-2H3/t15-/m0/s1. The van der Waals surface area contributed by atoms with Crippen molar-refractivity contribution in [3.63, 3.8) is 0 Å². The third kappa shape index (κ3) is 3.24. The maximum Gasteiger partial charge on any atom is 0.264 e. The highest BCUT2D eigenvalue weighted by Crippen LogP contribution is 2.32. The van der Waals surface area contributed by atoms with E-state index in [1.54, 1.807) is 19.1 Å². The number of nitrogens with zero attached hydrogens (tertiary/aromatic N) is 2. The van der Waals surface area contributed by atoms with Gasteiger partial charge in [-0.25, -0.2) is 0 Å². The molecule has 2 aromatic rings. The topological polar surface area (TPSA) is 42.3 Å². The Kier molecular flexibility index (Phi) is 4.66. The molecule has 0 aromatic carbocycles. The maximum atomic E-state index is 13.0. The van der Waals surface area contributed by atoms with E-state index in [0.29, 0.717) is 9.75 Å². The van der Waals surface area contributed by atoms with Crippen LogP contribution < -0.4 is 0 Å². The molecule has 0 N–H and O–H groups in total. The molecule has 1 fully saturated rings. The van der Waals surface area contributed by atoms with E-state index in [1.165, 1.54) is 17.0 Å². The second kappa shape index (κ2) is 6.71. The fourth-order valence-corrected chi connectivity index (χ4v) is 4.12. The number of ketones is 1. The number of carbonyl (C=O) groups is 2. The van der Waals surface area contributed by atoms with Crippen molar-refractivity contribution in [2.24, 2.45) is 7.05 Å². The molecule has 1 aliphatic heterocycles. The second-order valence-corrected chi connectivity index (χ2v) is 7.21. The van der Waals surface area contributed by atoms with Crippen LogP contribution in [-0.4, -0.2) is 27.7 Å². The number of hydrogen-bond acceptors (Lipinski definition) is 3. The SMILES string of the molecule is CC(=O)c1ccc(C(=O)N2CCCCC[C@H]2c2cccn2C)s1. The smallest absolute Gasteiger partial charge is 0.264 e. The second-order valence-electron chi connectivity index (χ2n) is 6.13. The number of aromatic nitrogens is 1. The monoisotopic (exact) mass is 330 g/mol. The Balaban J connectivity index is 1.91. The number of amides is 1. The van der Waals surface area contributed by atoms with Crippen molar-refractivity contribution in [3.05, 3.63) is 45.9 Å². The summed E-state index contributed by atoms with van der Waals surface area (Å²) in [5, 5.41) is 0. The molecule has 0 unspecified atom stereocenters. The Bertz CT molecular complexity index is 716. The highest BCUT2D eigenvalue weighted by atomic mass is 32.1. The lowest BCUT2D eigenvalue weighted by molar-refractivity contribution is 0.0679. The zero-order chi connectivity index (χ0) is 16.4. The van der Waals surface area contributed by atoms with Gasteiger partial charge in [-0.15, -0.1) is 11.3 Å². The first-order chi connectivity index (χ1) is 11.1. The minimum Gasteiger partial charge on any atom is -0.353 e. The van der Waals surface area contributed by atoms with Gasteiger partial charge in [-0.05, 0) is 44.0 Å². The van der Waals surface area contributed by atoms with E-state index in [1.807, 2.05) is 24.2 Å². The van der Waals surface area contributed by atoms with E-state index in [-0.39, 0.29) is 17.7 Å². The molecule has 0 saturated carbocycles. The van der Waals surface area contributed by atoms with Crippen LogP contribution in [0.15, 0.2) is 30.5 Å². The van der Waals surface area contributed by atoms with E-state index >= 15 is 0 Å². The molecule has 1 aliphatic rings. The summed E-state index contributed by atoms with van der Waals surface area (Å²) in [7, 11) is 2.03. The number of hydrogen-bond donors (Lipinski definition) is 0. The van der Waals surface area contributed by atoms with Crippen LogP contribution in [0.3, 0.4) is 0 Å². The quantitative estimate of drug-likeness (QED) is 0.797.